The number of nitrogens with zero attached hydrogens (tertiary/aromatic N) is 1. The Morgan fingerprint density at radius 1 is 1.06 bits per heavy atom. The van der Waals surface area contributed by atoms with E-state index in [4.69, 9.17) is 0 Å². The van der Waals surface area contributed by atoms with E-state index in [0.29, 0.717) is 0 Å². The minimum Gasteiger partial charge on any atom is -0.349 e. The van der Waals surface area contributed by atoms with Crippen LogP contribution in [0, 0.1) is 13.8 Å². The quantitative estimate of drug-likeness (QED) is 0.476. The number of hydrogen-bond donors (Lipinski definition) is 0. The van der Waals surface area contributed by atoms with Crippen LogP contribution in [0.5, 0.6) is 0 Å². The molecule has 1 nitrogen and oxygen atoms in total. The minimum atomic E-state index is 0. The van der Waals surface area contributed by atoms with E-state index in [-0.39, 0.29) is 42.1 Å². The first kappa shape index (κ1) is 16.1. The Bertz CT molecular complexity index is 399. The summed E-state index contributed by atoms with van der Waals surface area (Å²) >= 11 is 0. The van der Waals surface area contributed by atoms with Crippen molar-refractivity contribution in [2.45, 2.75) is 26.7 Å². The van der Waals surface area contributed by atoms with Gasteiger partial charge in [0.2, 0.25) is 0 Å². The average molecular weight is 555 g/mol. The van der Waals surface area contributed by atoms with Crippen LogP contribution in [-0.2, 0) is 48.6 Å². The molecular formula is C13H17NW2. The molecule has 2 rings (SSSR count). The number of rotatable bonds is 0. The van der Waals surface area contributed by atoms with Crippen LogP contribution in [0.25, 0.3) is 0 Å². The van der Waals surface area contributed by atoms with Crippen LogP contribution < -0.4 is 4.90 Å². The SMILES string of the molecule is C=C1CCc2cc(C)c(C)cc2N1C.[W].[W]. The van der Waals surface area contributed by atoms with Gasteiger partial charge in [0.1, 0.15) is 0 Å². The molecule has 0 unspecified atom stereocenters. The Morgan fingerprint density at radius 2 is 1.62 bits per heavy atom. The van der Waals surface area contributed by atoms with E-state index in [1.807, 2.05) is 0 Å². The standard InChI is InChI=1S/C13H17N.2W/c1-9-7-12-6-5-11(3)14(4)13(12)8-10(9)2;;/h7-8H,3,5-6H2,1-2,4H3;;. The molecule has 1 heterocycles. The van der Waals surface area contributed by atoms with Gasteiger partial charge >= 0.3 is 0 Å². The van der Waals surface area contributed by atoms with Gasteiger partial charge in [0.05, 0.1) is 0 Å². The van der Waals surface area contributed by atoms with Crippen molar-refractivity contribution >= 4 is 5.69 Å². The molecule has 0 aromatic heterocycles. The number of anilines is 1. The summed E-state index contributed by atoms with van der Waals surface area (Å²) < 4.78 is 0. The third kappa shape index (κ3) is 2.87. The van der Waals surface area contributed by atoms with Crippen LogP contribution >= 0.6 is 0 Å². The fourth-order valence-corrected chi connectivity index (χ4v) is 1.99. The van der Waals surface area contributed by atoms with Crippen molar-refractivity contribution in [3.63, 3.8) is 0 Å². The molecule has 0 N–H and O–H groups in total. The van der Waals surface area contributed by atoms with Crippen molar-refractivity contribution in [2.75, 3.05) is 11.9 Å². The Hall–Kier alpha value is 0.137. The third-order valence-electron chi connectivity index (χ3n) is 3.21. The molecule has 0 bridgehead atoms. The molecule has 1 aliphatic rings. The second-order valence-electron chi connectivity index (χ2n) is 4.19. The molecule has 0 spiro atoms. The molecule has 16 heavy (non-hydrogen) atoms. The Kier molecular flexibility index (Phi) is 6.23. The van der Waals surface area contributed by atoms with Crippen molar-refractivity contribution in [3.05, 3.63) is 41.1 Å². The van der Waals surface area contributed by atoms with Gasteiger partial charge in [-0.1, -0.05) is 12.6 Å². The molecular weight excluding hydrogens is 538 g/mol. The summed E-state index contributed by atoms with van der Waals surface area (Å²) in [7, 11) is 2.11. The van der Waals surface area contributed by atoms with Crippen LogP contribution in [0.15, 0.2) is 24.4 Å². The first-order chi connectivity index (χ1) is 6.59. The van der Waals surface area contributed by atoms with Crippen molar-refractivity contribution < 1.29 is 42.1 Å². The maximum absolute atomic E-state index is 4.07. The predicted octanol–water partition coefficient (Wildman–Crippen LogP) is 3.19. The Balaban J connectivity index is 0.00000112. The summed E-state index contributed by atoms with van der Waals surface area (Å²) in [6, 6.07) is 4.59. The molecule has 1 aliphatic heterocycles. The van der Waals surface area contributed by atoms with Crippen LogP contribution in [0.1, 0.15) is 23.1 Å². The molecule has 0 aliphatic carbocycles. The van der Waals surface area contributed by atoms with E-state index in [0.717, 1.165) is 12.8 Å². The second-order valence-corrected chi connectivity index (χ2v) is 4.19. The van der Waals surface area contributed by atoms with E-state index in [1.54, 1.807) is 0 Å². The van der Waals surface area contributed by atoms with Crippen LogP contribution in [0.4, 0.5) is 5.69 Å². The molecule has 1 aromatic carbocycles. The number of benzene rings is 1. The Morgan fingerprint density at radius 3 is 2.25 bits per heavy atom. The summed E-state index contributed by atoms with van der Waals surface area (Å²) in [5, 5.41) is 0. The Labute approximate surface area is 127 Å². The maximum atomic E-state index is 4.07. The van der Waals surface area contributed by atoms with Gasteiger partial charge in [-0.15, -0.1) is 0 Å². The zero-order chi connectivity index (χ0) is 10.3. The largest absolute Gasteiger partial charge is 0.349 e. The van der Waals surface area contributed by atoms with Crippen molar-refractivity contribution in [1.82, 2.24) is 0 Å². The molecule has 0 radical (unpaired) electrons. The van der Waals surface area contributed by atoms with Gasteiger partial charge in [-0.3, -0.25) is 0 Å². The first-order valence-electron chi connectivity index (χ1n) is 5.11. The van der Waals surface area contributed by atoms with Crippen molar-refractivity contribution in [3.8, 4) is 0 Å². The van der Waals surface area contributed by atoms with Gasteiger partial charge in [0, 0.05) is 60.6 Å². The smallest absolute Gasteiger partial charge is 0.0440 e. The number of allylic oxidation sites excluding steroid dienone is 1. The number of hydrogen-bond acceptors (Lipinski definition) is 1. The van der Waals surface area contributed by atoms with Gasteiger partial charge < -0.3 is 4.90 Å². The molecule has 0 atom stereocenters. The first-order valence-corrected chi connectivity index (χ1v) is 5.11. The summed E-state index contributed by atoms with van der Waals surface area (Å²) in [5.74, 6) is 0. The van der Waals surface area contributed by atoms with E-state index in [1.165, 1.54) is 28.1 Å². The van der Waals surface area contributed by atoms with E-state index in [9.17, 15) is 0 Å². The summed E-state index contributed by atoms with van der Waals surface area (Å²) in [5.41, 5.74) is 6.78. The van der Waals surface area contributed by atoms with E-state index < -0.39 is 0 Å². The summed E-state index contributed by atoms with van der Waals surface area (Å²) in [4.78, 5) is 2.21. The molecule has 1 aromatic rings. The molecule has 0 saturated heterocycles. The maximum Gasteiger partial charge on any atom is 0.0440 e. The molecule has 86 valence electrons. The second kappa shape index (κ2) is 6.17. The van der Waals surface area contributed by atoms with Gasteiger partial charge in [-0.2, -0.15) is 0 Å². The normalized spacial score (nSPS) is 13.7. The average Bonchev–Trinajstić information content (AvgIpc) is 2.15. The van der Waals surface area contributed by atoms with Crippen molar-refractivity contribution in [2.24, 2.45) is 0 Å². The molecule has 3 heteroatoms. The molecule has 0 amide bonds. The summed E-state index contributed by atoms with van der Waals surface area (Å²) in [6.07, 6.45) is 2.23. The van der Waals surface area contributed by atoms with Gasteiger partial charge in [0.25, 0.3) is 0 Å². The van der Waals surface area contributed by atoms with Gasteiger partial charge in [-0.05, 0) is 49.4 Å². The zero-order valence-corrected chi connectivity index (χ0v) is 15.9. The van der Waals surface area contributed by atoms with Crippen LogP contribution in [-0.4, -0.2) is 7.05 Å². The van der Waals surface area contributed by atoms with Gasteiger partial charge in [-0.25, -0.2) is 0 Å². The minimum absolute atomic E-state index is 0. The fraction of sp³-hybridized carbons (Fsp3) is 0.385. The molecule has 0 fully saturated rings. The van der Waals surface area contributed by atoms with Crippen LogP contribution in [0.3, 0.4) is 0 Å². The predicted molar refractivity (Wildman–Crippen MR) is 61.8 cm³/mol. The summed E-state index contributed by atoms with van der Waals surface area (Å²) in [6.45, 7) is 8.42. The van der Waals surface area contributed by atoms with E-state index >= 15 is 0 Å². The topological polar surface area (TPSA) is 3.24 Å². The van der Waals surface area contributed by atoms with Crippen molar-refractivity contribution in [1.29, 1.82) is 0 Å². The monoisotopic (exact) mass is 555 g/mol. The number of fused-ring (bicyclic) bond motifs is 1. The fourth-order valence-electron chi connectivity index (χ4n) is 1.99. The van der Waals surface area contributed by atoms with Gasteiger partial charge in [0.15, 0.2) is 0 Å². The van der Waals surface area contributed by atoms with E-state index in [2.05, 4.69) is 44.5 Å². The van der Waals surface area contributed by atoms with Crippen LogP contribution in [0.2, 0.25) is 0 Å². The third-order valence-corrected chi connectivity index (χ3v) is 3.21. The number of aryl methyl sites for hydroxylation is 3. The zero-order valence-electron chi connectivity index (χ0n) is 10.0. The molecule has 0 saturated carbocycles.